The fourth-order valence-corrected chi connectivity index (χ4v) is 4.80. The quantitative estimate of drug-likeness (QED) is 0.369. The summed E-state index contributed by atoms with van der Waals surface area (Å²) in [6.07, 6.45) is 4.50. The summed E-state index contributed by atoms with van der Waals surface area (Å²) in [7, 11) is 0. The summed E-state index contributed by atoms with van der Waals surface area (Å²) in [4.78, 5) is 19.1. The molecule has 1 unspecified atom stereocenters. The van der Waals surface area contributed by atoms with Crippen LogP contribution in [0.15, 0.2) is 64.5 Å². The molecule has 1 aromatic heterocycles. The largest absolute Gasteiger partial charge is 0.322 e. The van der Waals surface area contributed by atoms with Gasteiger partial charge in [0.2, 0.25) is 5.91 Å². The molecule has 1 N–H and O–H groups in total. The number of carbonyl (C=O) groups excluding carboxylic acids is 1. The van der Waals surface area contributed by atoms with Crippen LogP contribution in [-0.4, -0.2) is 23.4 Å². The highest BCUT2D eigenvalue weighted by Gasteiger charge is 2.24. The maximum absolute atomic E-state index is 13.5. The normalized spacial score (nSPS) is 11.9. The minimum absolute atomic E-state index is 0.103. The molecule has 0 fully saturated rings. The standard InChI is InChI=1S/C23H22Cl2N2OS2/c1-14-11-20(29-2)21(23(26-14)30-3)27-22(28)17(12-15-7-5-4-6-8-15)16-9-10-18(24)19(25)13-16/h4-11,13,17H,12H2,1-3H3,(H,27,28). The highest BCUT2D eigenvalue weighted by Crippen LogP contribution is 2.35. The van der Waals surface area contributed by atoms with Crippen molar-refractivity contribution in [2.45, 2.75) is 29.2 Å². The molecule has 1 amide bonds. The lowest BCUT2D eigenvalue weighted by Crippen LogP contribution is -2.24. The van der Waals surface area contributed by atoms with Crippen molar-refractivity contribution in [2.75, 3.05) is 17.8 Å². The molecule has 7 heteroatoms. The predicted octanol–water partition coefficient (Wildman–Crippen LogP) is 7.11. The Kier molecular flexibility index (Phi) is 8.12. The number of nitrogens with zero attached hydrogens (tertiary/aromatic N) is 1. The maximum Gasteiger partial charge on any atom is 0.232 e. The molecule has 0 spiro atoms. The van der Waals surface area contributed by atoms with Crippen LogP contribution in [0.2, 0.25) is 10.0 Å². The van der Waals surface area contributed by atoms with Crippen molar-refractivity contribution in [2.24, 2.45) is 0 Å². The van der Waals surface area contributed by atoms with E-state index in [0.717, 1.165) is 32.4 Å². The number of aryl methyl sites for hydroxylation is 1. The number of anilines is 1. The second-order valence-corrected chi connectivity index (χ2v) is 9.21. The molecular weight excluding hydrogens is 455 g/mol. The topological polar surface area (TPSA) is 42.0 Å². The third-order valence-electron chi connectivity index (χ3n) is 4.68. The molecule has 1 heterocycles. The van der Waals surface area contributed by atoms with Crippen LogP contribution in [-0.2, 0) is 11.2 Å². The zero-order chi connectivity index (χ0) is 21.7. The van der Waals surface area contributed by atoms with Crippen molar-refractivity contribution in [3.8, 4) is 0 Å². The molecule has 2 aromatic carbocycles. The summed E-state index contributed by atoms with van der Waals surface area (Å²) in [5.74, 6) is -0.527. The average molecular weight is 477 g/mol. The van der Waals surface area contributed by atoms with Gasteiger partial charge in [0.15, 0.2) is 0 Å². The van der Waals surface area contributed by atoms with Gasteiger partial charge in [0.05, 0.1) is 21.7 Å². The van der Waals surface area contributed by atoms with Gasteiger partial charge in [-0.2, -0.15) is 0 Å². The summed E-state index contributed by atoms with van der Waals surface area (Å²) >= 11 is 15.5. The fraction of sp³-hybridized carbons (Fsp3) is 0.217. The van der Waals surface area contributed by atoms with Crippen molar-refractivity contribution < 1.29 is 4.79 Å². The second kappa shape index (κ2) is 10.6. The van der Waals surface area contributed by atoms with Gasteiger partial charge in [0.25, 0.3) is 0 Å². The highest BCUT2D eigenvalue weighted by atomic mass is 35.5. The number of pyridine rings is 1. The highest BCUT2D eigenvalue weighted by molar-refractivity contribution is 7.99. The smallest absolute Gasteiger partial charge is 0.232 e. The minimum atomic E-state index is -0.423. The van der Waals surface area contributed by atoms with E-state index in [1.54, 1.807) is 23.9 Å². The number of thioether (sulfide) groups is 2. The molecule has 0 aliphatic carbocycles. The first-order valence-corrected chi connectivity index (χ1v) is 12.5. The number of carbonyl (C=O) groups is 1. The molecule has 0 saturated carbocycles. The molecule has 1 atom stereocenters. The molecule has 0 aliphatic rings. The van der Waals surface area contributed by atoms with E-state index in [9.17, 15) is 4.79 Å². The number of hydrogen-bond acceptors (Lipinski definition) is 4. The first-order valence-electron chi connectivity index (χ1n) is 9.32. The van der Waals surface area contributed by atoms with Crippen LogP contribution in [0, 0.1) is 6.92 Å². The Labute approximate surface area is 196 Å². The van der Waals surface area contributed by atoms with E-state index in [2.05, 4.69) is 10.3 Å². The average Bonchev–Trinajstić information content (AvgIpc) is 2.75. The molecule has 0 aliphatic heterocycles. The predicted molar refractivity (Wildman–Crippen MR) is 131 cm³/mol. The van der Waals surface area contributed by atoms with Gasteiger partial charge in [-0.1, -0.05) is 59.6 Å². The monoisotopic (exact) mass is 476 g/mol. The van der Waals surface area contributed by atoms with Gasteiger partial charge in [-0.05, 0) is 55.2 Å². The zero-order valence-electron chi connectivity index (χ0n) is 16.9. The molecule has 30 heavy (non-hydrogen) atoms. The van der Waals surface area contributed by atoms with Crippen LogP contribution < -0.4 is 5.32 Å². The van der Waals surface area contributed by atoms with Crippen molar-refractivity contribution in [1.29, 1.82) is 0 Å². The first-order chi connectivity index (χ1) is 14.4. The summed E-state index contributed by atoms with van der Waals surface area (Å²) in [6, 6.07) is 17.3. The van der Waals surface area contributed by atoms with Crippen molar-refractivity contribution in [3.63, 3.8) is 0 Å². The fourth-order valence-electron chi connectivity index (χ4n) is 3.19. The van der Waals surface area contributed by atoms with Crippen molar-refractivity contribution in [3.05, 3.63) is 81.5 Å². The second-order valence-electron chi connectivity index (χ2n) is 6.76. The van der Waals surface area contributed by atoms with Crippen molar-refractivity contribution in [1.82, 2.24) is 4.98 Å². The van der Waals surface area contributed by atoms with E-state index in [1.165, 1.54) is 11.8 Å². The number of benzene rings is 2. The molecule has 156 valence electrons. The number of aromatic nitrogens is 1. The van der Waals surface area contributed by atoms with E-state index in [0.29, 0.717) is 16.5 Å². The van der Waals surface area contributed by atoms with Gasteiger partial charge >= 0.3 is 0 Å². The lowest BCUT2D eigenvalue weighted by molar-refractivity contribution is -0.117. The van der Waals surface area contributed by atoms with E-state index >= 15 is 0 Å². The van der Waals surface area contributed by atoms with Gasteiger partial charge < -0.3 is 5.32 Å². The molecule has 3 aromatic rings. The van der Waals surface area contributed by atoms with Gasteiger partial charge in [0, 0.05) is 10.6 Å². The van der Waals surface area contributed by atoms with Crippen LogP contribution >= 0.6 is 46.7 Å². The summed E-state index contributed by atoms with van der Waals surface area (Å²) in [6.45, 7) is 1.96. The minimum Gasteiger partial charge on any atom is -0.322 e. The summed E-state index contributed by atoms with van der Waals surface area (Å²) < 4.78 is 0. The Hall–Kier alpha value is -1.66. The SMILES string of the molecule is CSc1cc(C)nc(SC)c1NC(=O)C(Cc1ccccc1)c1ccc(Cl)c(Cl)c1. The number of rotatable bonds is 7. The molecule has 0 bridgehead atoms. The van der Waals surface area contributed by atoms with Gasteiger partial charge in [-0.25, -0.2) is 4.98 Å². The lowest BCUT2D eigenvalue weighted by atomic mass is 9.91. The van der Waals surface area contributed by atoms with Crippen LogP contribution in [0.3, 0.4) is 0 Å². The number of amides is 1. The third-order valence-corrected chi connectivity index (χ3v) is 6.87. The molecular formula is C23H22Cl2N2OS2. The van der Waals surface area contributed by atoms with Crippen LogP contribution in [0.1, 0.15) is 22.7 Å². The summed E-state index contributed by atoms with van der Waals surface area (Å²) in [5.41, 5.74) is 3.57. The molecule has 3 nitrogen and oxygen atoms in total. The number of hydrogen-bond donors (Lipinski definition) is 1. The third kappa shape index (κ3) is 5.52. The van der Waals surface area contributed by atoms with E-state index in [4.69, 9.17) is 23.2 Å². The Morgan fingerprint density at radius 1 is 1.03 bits per heavy atom. The molecule has 0 saturated heterocycles. The van der Waals surface area contributed by atoms with Crippen LogP contribution in [0.4, 0.5) is 5.69 Å². The Morgan fingerprint density at radius 2 is 1.77 bits per heavy atom. The summed E-state index contributed by atoms with van der Waals surface area (Å²) in [5, 5.41) is 4.85. The van der Waals surface area contributed by atoms with E-state index in [-0.39, 0.29) is 5.91 Å². The van der Waals surface area contributed by atoms with Gasteiger partial charge in [0.1, 0.15) is 5.03 Å². The Bertz CT molecular complexity index is 1020. The molecule has 0 radical (unpaired) electrons. The maximum atomic E-state index is 13.5. The van der Waals surface area contributed by atoms with Gasteiger partial charge in [-0.3, -0.25) is 4.79 Å². The Balaban J connectivity index is 1.99. The zero-order valence-corrected chi connectivity index (χ0v) is 20.1. The molecule has 3 rings (SSSR count). The van der Waals surface area contributed by atoms with Crippen molar-refractivity contribution >= 4 is 58.3 Å². The lowest BCUT2D eigenvalue weighted by Gasteiger charge is -2.20. The van der Waals surface area contributed by atoms with Crippen LogP contribution in [0.25, 0.3) is 0 Å². The first kappa shape index (κ1) is 23.0. The number of halogens is 2. The van der Waals surface area contributed by atoms with E-state index < -0.39 is 5.92 Å². The van der Waals surface area contributed by atoms with Crippen LogP contribution in [0.5, 0.6) is 0 Å². The Morgan fingerprint density at radius 3 is 2.40 bits per heavy atom. The van der Waals surface area contributed by atoms with Gasteiger partial charge in [-0.15, -0.1) is 23.5 Å². The number of nitrogens with one attached hydrogen (secondary N) is 1. The van der Waals surface area contributed by atoms with E-state index in [1.807, 2.05) is 61.9 Å².